The van der Waals surface area contributed by atoms with Gasteiger partial charge >= 0.3 is 0 Å². The van der Waals surface area contributed by atoms with Gasteiger partial charge < -0.3 is 19.5 Å². The number of ether oxygens (including phenoxy) is 3. The topological polar surface area (TPSA) is 43.0 Å². The molecule has 0 aromatic heterocycles. The van der Waals surface area contributed by atoms with Crippen LogP contribution in [0.3, 0.4) is 0 Å². The second kappa shape index (κ2) is 12.9. The highest BCUT2D eigenvalue weighted by molar-refractivity contribution is 6.31. The number of hydrogen-bond acceptors (Lipinski definition) is 5. The molecule has 140 valence electrons. The van der Waals surface area contributed by atoms with E-state index in [1.165, 1.54) is 0 Å². The molecule has 0 atom stereocenters. The molecule has 0 aliphatic carbocycles. The van der Waals surface area contributed by atoms with Crippen LogP contribution in [0.4, 0.5) is 0 Å². The summed E-state index contributed by atoms with van der Waals surface area (Å²) in [5.74, 6) is 1.36. The molecule has 0 radical (unpaired) electrons. The van der Waals surface area contributed by atoms with E-state index in [4.69, 9.17) is 25.8 Å². The maximum Gasteiger partial charge on any atom is 0.162 e. The smallest absolute Gasteiger partial charge is 0.162 e. The second-order valence-corrected chi connectivity index (χ2v) is 5.69. The van der Waals surface area contributed by atoms with Gasteiger partial charge in [-0.15, -0.1) is 24.8 Å². The molecule has 1 saturated heterocycles. The van der Waals surface area contributed by atoms with Crippen LogP contribution in [0.5, 0.6) is 11.5 Å². The average Bonchev–Trinajstić information content (AvgIpc) is 2.56. The number of benzene rings is 1. The third kappa shape index (κ3) is 7.21. The fourth-order valence-corrected chi connectivity index (χ4v) is 2.73. The first-order valence-corrected chi connectivity index (χ1v) is 8.03. The Hall–Kier alpha value is -0.430. The summed E-state index contributed by atoms with van der Waals surface area (Å²) in [4.78, 5) is 2.44. The summed E-state index contributed by atoms with van der Waals surface area (Å²) < 4.78 is 15.9. The van der Waals surface area contributed by atoms with Crippen LogP contribution in [-0.2, 0) is 11.3 Å². The van der Waals surface area contributed by atoms with Crippen LogP contribution in [0.25, 0.3) is 0 Å². The molecule has 0 bridgehead atoms. The summed E-state index contributed by atoms with van der Waals surface area (Å²) in [5, 5.41) is 4.13. The average molecular weight is 402 g/mol. The number of halogens is 3. The molecule has 1 aliphatic rings. The number of hydrogen-bond donors (Lipinski definition) is 1. The third-order valence-corrected chi connectivity index (χ3v) is 4.15. The van der Waals surface area contributed by atoms with E-state index in [0.717, 1.165) is 57.9 Å². The summed E-state index contributed by atoms with van der Waals surface area (Å²) in [5.41, 5.74) is 1.02. The van der Waals surface area contributed by atoms with Crippen molar-refractivity contribution in [3.63, 3.8) is 0 Å². The van der Waals surface area contributed by atoms with E-state index in [-0.39, 0.29) is 24.8 Å². The fourth-order valence-electron chi connectivity index (χ4n) is 2.51. The zero-order valence-electron chi connectivity index (χ0n) is 14.2. The molecule has 0 amide bonds. The summed E-state index contributed by atoms with van der Waals surface area (Å²) in [6.45, 7) is 6.59. The van der Waals surface area contributed by atoms with Crippen molar-refractivity contribution in [1.82, 2.24) is 10.2 Å². The molecule has 5 nitrogen and oxygen atoms in total. The molecule has 24 heavy (non-hydrogen) atoms. The lowest BCUT2D eigenvalue weighted by Crippen LogP contribution is -2.37. The van der Waals surface area contributed by atoms with Gasteiger partial charge in [0.2, 0.25) is 0 Å². The Kier molecular flexibility index (Phi) is 12.6. The van der Waals surface area contributed by atoms with Gasteiger partial charge in [-0.1, -0.05) is 11.6 Å². The second-order valence-electron chi connectivity index (χ2n) is 5.28. The van der Waals surface area contributed by atoms with Gasteiger partial charge in [0.15, 0.2) is 11.5 Å². The van der Waals surface area contributed by atoms with Crippen LogP contribution in [0, 0.1) is 0 Å². The van der Waals surface area contributed by atoms with Crippen LogP contribution < -0.4 is 14.8 Å². The van der Waals surface area contributed by atoms with Crippen molar-refractivity contribution in [3.8, 4) is 11.5 Å². The van der Waals surface area contributed by atoms with Crippen molar-refractivity contribution in [1.29, 1.82) is 0 Å². The van der Waals surface area contributed by atoms with E-state index in [2.05, 4.69) is 10.2 Å². The summed E-state index contributed by atoms with van der Waals surface area (Å²) in [6.07, 6.45) is 1.12. The van der Waals surface area contributed by atoms with Crippen molar-refractivity contribution in [3.05, 3.63) is 22.7 Å². The third-order valence-electron chi connectivity index (χ3n) is 3.80. The number of methoxy groups -OCH3 is 2. The van der Waals surface area contributed by atoms with Crippen molar-refractivity contribution < 1.29 is 14.2 Å². The minimum absolute atomic E-state index is 0. The predicted molar refractivity (Wildman–Crippen MR) is 103 cm³/mol. The molecule has 0 spiro atoms. The Morgan fingerprint density at radius 1 is 1.12 bits per heavy atom. The molecule has 1 heterocycles. The Morgan fingerprint density at radius 2 is 1.75 bits per heavy atom. The van der Waals surface area contributed by atoms with Gasteiger partial charge in [-0.2, -0.15) is 0 Å². The van der Waals surface area contributed by atoms with E-state index in [1.54, 1.807) is 20.3 Å². The van der Waals surface area contributed by atoms with Crippen molar-refractivity contribution in [2.24, 2.45) is 0 Å². The molecule has 1 aliphatic heterocycles. The fraction of sp³-hybridized carbons (Fsp3) is 0.625. The number of rotatable bonds is 8. The molecule has 0 saturated carbocycles. The zero-order chi connectivity index (χ0) is 15.8. The van der Waals surface area contributed by atoms with Crippen LogP contribution in [0.15, 0.2) is 12.1 Å². The first-order valence-electron chi connectivity index (χ1n) is 7.66. The van der Waals surface area contributed by atoms with E-state index in [0.29, 0.717) is 16.5 Å². The SMILES string of the molecule is COc1cc(Cl)c(CNCCCN2CCOCC2)cc1OC.Cl.Cl. The van der Waals surface area contributed by atoms with Crippen LogP contribution in [0.2, 0.25) is 5.02 Å². The maximum atomic E-state index is 6.27. The van der Waals surface area contributed by atoms with Gasteiger partial charge in [0, 0.05) is 30.7 Å². The lowest BCUT2D eigenvalue weighted by Gasteiger charge is -2.26. The summed E-state index contributed by atoms with van der Waals surface area (Å²) in [6, 6.07) is 3.72. The molecule has 1 fully saturated rings. The first-order chi connectivity index (χ1) is 10.7. The molecule has 1 aromatic carbocycles. The Balaban J connectivity index is 0.00000264. The van der Waals surface area contributed by atoms with Crippen molar-refractivity contribution in [2.45, 2.75) is 13.0 Å². The summed E-state index contributed by atoms with van der Waals surface area (Å²) in [7, 11) is 3.24. The minimum Gasteiger partial charge on any atom is -0.493 e. The number of morpholine rings is 1. The van der Waals surface area contributed by atoms with Gasteiger partial charge in [-0.25, -0.2) is 0 Å². The Bertz CT molecular complexity index is 472. The predicted octanol–water partition coefficient (Wildman–Crippen LogP) is 3.01. The molecular formula is C16H27Cl3N2O3. The number of nitrogens with zero attached hydrogens (tertiary/aromatic N) is 1. The zero-order valence-corrected chi connectivity index (χ0v) is 16.6. The molecule has 8 heteroatoms. The van der Waals surface area contributed by atoms with Crippen LogP contribution in [0.1, 0.15) is 12.0 Å². The standard InChI is InChI=1S/C16H25ClN2O3.2ClH/c1-20-15-10-13(14(17)11-16(15)21-2)12-18-4-3-5-19-6-8-22-9-7-19;;/h10-11,18H,3-9,12H2,1-2H3;2*1H. The highest BCUT2D eigenvalue weighted by atomic mass is 35.5. The van der Waals surface area contributed by atoms with E-state index < -0.39 is 0 Å². The molecule has 0 unspecified atom stereocenters. The van der Waals surface area contributed by atoms with Crippen molar-refractivity contribution in [2.75, 3.05) is 53.6 Å². The molecule has 1 N–H and O–H groups in total. The largest absolute Gasteiger partial charge is 0.493 e. The van der Waals surface area contributed by atoms with E-state index >= 15 is 0 Å². The van der Waals surface area contributed by atoms with Gasteiger partial charge in [-0.05, 0) is 31.1 Å². The molecular weight excluding hydrogens is 375 g/mol. The quantitative estimate of drug-likeness (QED) is 0.678. The van der Waals surface area contributed by atoms with Gasteiger partial charge in [0.05, 0.1) is 27.4 Å². The Morgan fingerprint density at radius 3 is 2.38 bits per heavy atom. The van der Waals surface area contributed by atoms with Gasteiger partial charge in [0.1, 0.15) is 0 Å². The lowest BCUT2D eigenvalue weighted by atomic mass is 10.2. The van der Waals surface area contributed by atoms with Crippen LogP contribution in [-0.4, -0.2) is 58.5 Å². The lowest BCUT2D eigenvalue weighted by molar-refractivity contribution is 0.0374. The number of nitrogens with one attached hydrogen (secondary N) is 1. The van der Waals surface area contributed by atoms with Gasteiger partial charge in [0.25, 0.3) is 0 Å². The van der Waals surface area contributed by atoms with Crippen LogP contribution >= 0.6 is 36.4 Å². The van der Waals surface area contributed by atoms with Crippen molar-refractivity contribution >= 4 is 36.4 Å². The normalized spacial score (nSPS) is 14.5. The maximum absolute atomic E-state index is 6.27. The highest BCUT2D eigenvalue weighted by Crippen LogP contribution is 2.32. The van der Waals surface area contributed by atoms with E-state index in [1.807, 2.05) is 6.07 Å². The minimum atomic E-state index is 0. The highest BCUT2D eigenvalue weighted by Gasteiger charge is 2.11. The monoisotopic (exact) mass is 400 g/mol. The van der Waals surface area contributed by atoms with Gasteiger partial charge in [-0.3, -0.25) is 4.90 Å². The molecule has 2 rings (SSSR count). The molecule has 1 aromatic rings. The summed E-state index contributed by atoms with van der Waals surface area (Å²) >= 11 is 6.27. The van der Waals surface area contributed by atoms with E-state index in [9.17, 15) is 0 Å². The Labute approximate surface area is 161 Å². The first kappa shape index (κ1) is 23.6.